The van der Waals surface area contributed by atoms with E-state index in [4.69, 9.17) is 10.5 Å². The number of fused-ring (bicyclic) bond motifs is 1. The monoisotopic (exact) mass is 246 g/mol. The van der Waals surface area contributed by atoms with E-state index in [2.05, 4.69) is 5.32 Å². The number of carbonyl (C=O) groups is 1. The average molecular weight is 246 g/mol. The van der Waals surface area contributed by atoms with Crippen molar-refractivity contribution >= 4 is 11.6 Å². The molecule has 96 valence electrons. The van der Waals surface area contributed by atoms with Crippen molar-refractivity contribution in [3.8, 4) is 5.75 Å². The van der Waals surface area contributed by atoms with Gasteiger partial charge in [-0.15, -0.1) is 0 Å². The Kier molecular flexibility index (Phi) is 2.96. The summed E-state index contributed by atoms with van der Waals surface area (Å²) in [5.74, 6) is 1.13. The molecular weight excluding hydrogens is 228 g/mol. The number of ether oxygens (including phenoxy) is 1. The molecule has 1 aromatic rings. The third-order valence-corrected chi connectivity index (χ3v) is 3.72. The molecule has 2 aliphatic rings. The van der Waals surface area contributed by atoms with Crippen LogP contribution in [0.3, 0.4) is 0 Å². The van der Waals surface area contributed by atoms with E-state index < -0.39 is 0 Å². The average Bonchev–Trinajstić information content (AvgIpc) is 2.35. The molecule has 0 atom stereocenters. The highest BCUT2D eigenvalue weighted by Crippen LogP contribution is 2.30. The van der Waals surface area contributed by atoms with Crippen LogP contribution in [0.25, 0.3) is 0 Å². The van der Waals surface area contributed by atoms with Crippen molar-refractivity contribution < 1.29 is 9.53 Å². The maximum absolute atomic E-state index is 11.9. The number of hydrogen-bond donors (Lipinski definition) is 2. The van der Waals surface area contributed by atoms with Gasteiger partial charge in [-0.2, -0.15) is 0 Å². The lowest BCUT2D eigenvalue weighted by atomic mass is 9.80. The summed E-state index contributed by atoms with van der Waals surface area (Å²) in [4.78, 5) is 11.9. The molecule has 0 radical (unpaired) electrons. The molecule has 0 unspecified atom stereocenters. The topological polar surface area (TPSA) is 64.4 Å². The lowest BCUT2D eigenvalue weighted by molar-refractivity contribution is -0.122. The summed E-state index contributed by atoms with van der Waals surface area (Å²) in [5, 5.41) is 2.96. The number of rotatable bonds is 2. The van der Waals surface area contributed by atoms with E-state index in [1.807, 2.05) is 18.2 Å². The fourth-order valence-corrected chi connectivity index (χ4v) is 2.56. The maximum atomic E-state index is 11.9. The van der Waals surface area contributed by atoms with Crippen LogP contribution in [0.15, 0.2) is 18.2 Å². The van der Waals surface area contributed by atoms with Crippen molar-refractivity contribution in [2.45, 2.75) is 31.7 Å². The van der Waals surface area contributed by atoms with Gasteiger partial charge in [-0.25, -0.2) is 0 Å². The van der Waals surface area contributed by atoms with Crippen LogP contribution in [-0.4, -0.2) is 18.6 Å². The molecule has 1 saturated carbocycles. The number of nitrogens with two attached hydrogens (primary N) is 1. The number of nitrogens with one attached hydrogen (secondary N) is 1. The predicted octanol–water partition coefficient (Wildman–Crippen LogP) is 1.69. The van der Waals surface area contributed by atoms with Gasteiger partial charge in [0, 0.05) is 17.6 Å². The summed E-state index contributed by atoms with van der Waals surface area (Å²) in [6.07, 6.45) is 3.68. The van der Waals surface area contributed by atoms with Gasteiger partial charge in [0.15, 0.2) is 0 Å². The predicted molar refractivity (Wildman–Crippen MR) is 69.6 cm³/mol. The highest BCUT2D eigenvalue weighted by Gasteiger charge is 2.31. The Morgan fingerprint density at radius 1 is 1.39 bits per heavy atom. The molecule has 1 aliphatic heterocycles. The third kappa shape index (κ3) is 2.20. The van der Waals surface area contributed by atoms with Crippen LogP contribution in [0.2, 0.25) is 0 Å². The minimum absolute atomic E-state index is 0.0901. The fraction of sp³-hybridized carbons (Fsp3) is 0.500. The number of carbonyl (C=O) groups excluding carboxylic acids is 1. The number of aryl methyl sites for hydroxylation is 1. The molecule has 1 aliphatic carbocycles. The highest BCUT2D eigenvalue weighted by molar-refractivity contribution is 5.93. The van der Waals surface area contributed by atoms with Crippen LogP contribution in [0.1, 0.15) is 24.8 Å². The summed E-state index contributed by atoms with van der Waals surface area (Å²) in [6.45, 7) is 0.790. The van der Waals surface area contributed by atoms with E-state index in [-0.39, 0.29) is 17.9 Å². The lowest BCUT2D eigenvalue weighted by Crippen LogP contribution is -2.42. The normalized spacial score (nSPS) is 25.6. The molecule has 0 spiro atoms. The second-order valence-electron chi connectivity index (χ2n) is 5.19. The van der Waals surface area contributed by atoms with E-state index in [1.54, 1.807) is 0 Å². The van der Waals surface area contributed by atoms with Crippen molar-refractivity contribution in [3.05, 3.63) is 23.8 Å². The number of amides is 1. The van der Waals surface area contributed by atoms with Gasteiger partial charge >= 0.3 is 0 Å². The summed E-state index contributed by atoms with van der Waals surface area (Å²) >= 11 is 0. The minimum atomic E-state index is 0.0901. The molecule has 1 amide bonds. The summed E-state index contributed by atoms with van der Waals surface area (Å²) in [6, 6.07) is 6.07. The van der Waals surface area contributed by atoms with E-state index in [0.717, 1.165) is 43.7 Å². The molecule has 0 aromatic heterocycles. The van der Waals surface area contributed by atoms with Crippen LogP contribution in [-0.2, 0) is 11.2 Å². The standard InChI is InChI=1S/C14H18N2O2/c15-11-6-10(7-11)14(17)16-12-3-4-13-9(8-12)2-1-5-18-13/h3-4,8,10-11H,1-2,5-7,15H2,(H,16,17). The molecule has 3 N–H and O–H groups in total. The maximum Gasteiger partial charge on any atom is 0.227 e. The lowest BCUT2D eigenvalue weighted by Gasteiger charge is -2.31. The number of anilines is 1. The molecular formula is C14H18N2O2. The zero-order valence-electron chi connectivity index (χ0n) is 10.3. The van der Waals surface area contributed by atoms with Crippen LogP contribution >= 0.6 is 0 Å². The number of hydrogen-bond acceptors (Lipinski definition) is 3. The summed E-state index contributed by atoms with van der Waals surface area (Å²) in [7, 11) is 0. The first-order valence-electron chi connectivity index (χ1n) is 6.54. The first-order chi connectivity index (χ1) is 8.72. The summed E-state index contributed by atoms with van der Waals surface area (Å²) < 4.78 is 5.55. The van der Waals surface area contributed by atoms with Crippen molar-refractivity contribution in [1.29, 1.82) is 0 Å². The van der Waals surface area contributed by atoms with Crippen molar-refractivity contribution in [2.24, 2.45) is 11.7 Å². The Hall–Kier alpha value is -1.55. The van der Waals surface area contributed by atoms with E-state index in [0.29, 0.717) is 0 Å². The molecule has 4 nitrogen and oxygen atoms in total. The van der Waals surface area contributed by atoms with Crippen LogP contribution < -0.4 is 15.8 Å². The second kappa shape index (κ2) is 4.61. The van der Waals surface area contributed by atoms with Crippen LogP contribution in [0.4, 0.5) is 5.69 Å². The minimum Gasteiger partial charge on any atom is -0.493 e. The Balaban J connectivity index is 1.67. The Labute approximate surface area is 107 Å². The van der Waals surface area contributed by atoms with E-state index in [1.165, 1.54) is 5.56 Å². The zero-order chi connectivity index (χ0) is 12.5. The van der Waals surface area contributed by atoms with Gasteiger partial charge in [0.2, 0.25) is 5.91 Å². The van der Waals surface area contributed by atoms with Crippen LogP contribution in [0, 0.1) is 5.92 Å². The van der Waals surface area contributed by atoms with Gasteiger partial charge in [-0.3, -0.25) is 4.79 Å². The van der Waals surface area contributed by atoms with Gasteiger partial charge in [0.25, 0.3) is 0 Å². The molecule has 0 saturated heterocycles. The molecule has 18 heavy (non-hydrogen) atoms. The van der Waals surface area contributed by atoms with Gasteiger partial charge in [-0.05, 0) is 49.4 Å². The van der Waals surface area contributed by atoms with Gasteiger partial charge in [0.1, 0.15) is 5.75 Å². The Morgan fingerprint density at radius 3 is 3.00 bits per heavy atom. The van der Waals surface area contributed by atoms with Crippen molar-refractivity contribution in [1.82, 2.24) is 0 Å². The van der Waals surface area contributed by atoms with E-state index >= 15 is 0 Å². The third-order valence-electron chi connectivity index (χ3n) is 3.72. The quantitative estimate of drug-likeness (QED) is 0.834. The first-order valence-corrected chi connectivity index (χ1v) is 6.54. The second-order valence-corrected chi connectivity index (χ2v) is 5.19. The molecule has 1 fully saturated rings. The zero-order valence-corrected chi connectivity index (χ0v) is 10.3. The molecule has 1 heterocycles. The molecule has 1 aromatic carbocycles. The Bertz CT molecular complexity index is 467. The van der Waals surface area contributed by atoms with Crippen molar-refractivity contribution in [3.63, 3.8) is 0 Å². The van der Waals surface area contributed by atoms with Gasteiger partial charge in [-0.1, -0.05) is 0 Å². The molecule has 3 rings (SSSR count). The van der Waals surface area contributed by atoms with Crippen molar-refractivity contribution in [2.75, 3.05) is 11.9 Å². The largest absolute Gasteiger partial charge is 0.493 e. The van der Waals surface area contributed by atoms with E-state index in [9.17, 15) is 4.79 Å². The smallest absolute Gasteiger partial charge is 0.227 e. The van der Waals surface area contributed by atoms with Crippen LogP contribution in [0.5, 0.6) is 5.75 Å². The first kappa shape index (κ1) is 11.5. The molecule has 4 heteroatoms. The summed E-state index contributed by atoms with van der Waals surface area (Å²) in [5.41, 5.74) is 7.74. The SMILES string of the molecule is NC1CC(C(=O)Nc2ccc3c(c2)CCCO3)C1. The fourth-order valence-electron chi connectivity index (χ4n) is 2.56. The van der Waals surface area contributed by atoms with Gasteiger partial charge in [0.05, 0.1) is 6.61 Å². The molecule has 0 bridgehead atoms. The highest BCUT2D eigenvalue weighted by atomic mass is 16.5. The van der Waals surface area contributed by atoms with Gasteiger partial charge < -0.3 is 15.8 Å². The Morgan fingerprint density at radius 2 is 2.22 bits per heavy atom. The number of benzene rings is 1.